The Morgan fingerprint density at radius 1 is 1.07 bits per heavy atom. The fourth-order valence-corrected chi connectivity index (χ4v) is 3.23. The van der Waals surface area contributed by atoms with Gasteiger partial charge in [0.1, 0.15) is 18.4 Å². The first-order chi connectivity index (χ1) is 12.7. The summed E-state index contributed by atoms with van der Waals surface area (Å²) in [6.45, 7) is 0.635. The van der Waals surface area contributed by atoms with Crippen LogP contribution in [0.1, 0.15) is 5.56 Å². The number of rotatable bonds is 5. The van der Waals surface area contributed by atoms with Gasteiger partial charge in [0, 0.05) is 30.4 Å². The molecule has 4 aromatic rings. The summed E-state index contributed by atoms with van der Waals surface area (Å²) in [4.78, 5) is 14.1. The van der Waals surface area contributed by atoms with Crippen LogP contribution in [0.3, 0.4) is 0 Å². The molecular weight excluding hydrogens is 417 g/mol. The number of anilines is 1. The van der Waals surface area contributed by atoms with Gasteiger partial charge in [-0.2, -0.15) is 4.98 Å². The molecule has 2 aromatic carbocycles. The number of hydrogen-bond acceptors (Lipinski definition) is 5. The predicted octanol–water partition coefficient (Wildman–Crippen LogP) is 4.01. The number of halogens is 2. The summed E-state index contributed by atoms with van der Waals surface area (Å²) in [6.07, 6.45) is 6.82. The molecular formula is C19H19Cl2N5OS. The molecule has 0 bridgehead atoms. The van der Waals surface area contributed by atoms with Crippen molar-refractivity contribution in [3.8, 4) is 5.95 Å². The summed E-state index contributed by atoms with van der Waals surface area (Å²) >= 11 is -1.07. The molecule has 0 aliphatic carbocycles. The Bertz CT molecular complexity index is 1030. The fourth-order valence-electron chi connectivity index (χ4n) is 2.68. The SMILES string of the molecule is C[S+]([O-])c1ccc2nc(-n3ccnc3)nc(NCc3ccccc3)c2c1.Cl.Cl. The molecule has 9 heteroatoms. The van der Waals surface area contributed by atoms with Crippen LogP contribution >= 0.6 is 24.8 Å². The summed E-state index contributed by atoms with van der Waals surface area (Å²) in [6, 6.07) is 15.7. The van der Waals surface area contributed by atoms with Gasteiger partial charge >= 0.3 is 0 Å². The highest BCUT2D eigenvalue weighted by molar-refractivity contribution is 7.90. The molecule has 146 valence electrons. The van der Waals surface area contributed by atoms with Crippen LogP contribution in [0.5, 0.6) is 0 Å². The zero-order valence-electron chi connectivity index (χ0n) is 15.0. The summed E-state index contributed by atoms with van der Waals surface area (Å²) in [5.41, 5.74) is 1.94. The van der Waals surface area contributed by atoms with Crippen LogP contribution in [0.4, 0.5) is 5.82 Å². The molecule has 0 aliphatic heterocycles. The van der Waals surface area contributed by atoms with E-state index in [-0.39, 0.29) is 24.8 Å². The molecule has 1 unspecified atom stereocenters. The van der Waals surface area contributed by atoms with E-state index in [0.29, 0.717) is 18.3 Å². The van der Waals surface area contributed by atoms with E-state index < -0.39 is 11.2 Å². The van der Waals surface area contributed by atoms with Crippen LogP contribution in [-0.2, 0) is 17.7 Å². The number of aromatic nitrogens is 4. The Labute approximate surface area is 178 Å². The van der Waals surface area contributed by atoms with Crippen LogP contribution < -0.4 is 5.32 Å². The molecule has 2 heterocycles. The number of hydrogen-bond donors (Lipinski definition) is 1. The van der Waals surface area contributed by atoms with E-state index in [4.69, 9.17) is 0 Å². The van der Waals surface area contributed by atoms with Gasteiger partial charge in [-0.25, -0.2) is 9.97 Å². The number of nitrogens with one attached hydrogen (secondary N) is 1. The molecule has 6 nitrogen and oxygen atoms in total. The third kappa shape index (κ3) is 4.74. The lowest BCUT2D eigenvalue weighted by molar-refractivity contribution is 0.601. The number of nitrogens with zero attached hydrogens (tertiary/aromatic N) is 4. The van der Waals surface area contributed by atoms with Crippen LogP contribution in [0.15, 0.2) is 72.1 Å². The average molecular weight is 436 g/mol. The topological polar surface area (TPSA) is 78.7 Å². The highest BCUT2D eigenvalue weighted by Crippen LogP contribution is 2.25. The summed E-state index contributed by atoms with van der Waals surface area (Å²) < 4.78 is 13.6. The van der Waals surface area contributed by atoms with E-state index in [9.17, 15) is 4.55 Å². The Hall–Kier alpha value is -2.32. The standard InChI is InChI=1S/C19H17N5OS.2ClH/c1-26(25)15-7-8-17-16(11-15)18(21-12-14-5-3-2-4-6-14)23-19(22-17)24-10-9-20-13-24;;/h2-11,13H,12H2,1H3,(H,21,22,23);2*1H. The van der Waals surface area contributed by atoms with Gasteiger partial charge in [0.05, 0.1) is 5.52 Å². The molecule has 0 fully saturated rings. The van der Waals surface area contributed by atoms with Crippen molar-refractivity contribution in [3.05, 3.63) is 72.8 Å². The quantitative estimate of drug-likeness (QED) is 0.479. The Morgan fingerprint density at radius 3 is 2.54 bits per heavy atom. The van der Waals surface area contributed by atoms with Gasteiger partial charge < -0.3 is 9.87 Å². The molecule has 0 amide bonds. The minimum absolute atomic E-state index is 0. The first-order valence-corrected chi connectivity index (χ1v) is 9.68. The summed E-state index contributed by atoms with van der Waals surface area (Å²) in [5.74, 6) is 1.24. The number of fused-ring (bicyclic) bond motifs is 1. The van der Waals surface area contributed by atoms with E-state index in [2.05, 4.69) is 32.4 Å². The van der Waals surface area contributed by atoms with Crippen molar-refractivity contribution >= 4 is 52.7 Å². The second kappa shape index (κ2) is 9.75. The van der Waals surface area contributed by atoms with Gasteiger partial charge in [-0.1, -0.05) is 30.3 Å². The van der Waals surface area contributed by atoms with E-state index in [1.807, 2.05) is 36.4 Å². The molecule has 4 rings (SSSR count). The van der Waals surface area contributed by atoms with Gasteiger partial charge in [0.2, 0.25) is 5.95 Å². The average Bonchev–Trinajstić information content (AvgIpc) is 3.21. The van der Waals surface area contributed by atoms with E-state index >= 15 is 0 Å². The monoisotopic (exact) mass is 435 g/mol. The minimum Gasteiger partial charge on any atom is -0.612 e. The van der Waals surface area contributed by atoms with Gasteiger partial charge in [-0.05, 0) is 28.9 Å². The van der Waals surface area contributed by atoms with Crippen molar-refractivity contribution in [1.82, 2.24) is 19.5 Å². The minimum atomic E-state index is -1.07. The summed E-state index contributed by atoms with van der Waals surface area (Å²) in [5, 5.41) is 4.23. The third-order valence-corrected chi connectivity index (χ3v) is 4.94. The molecule has 1 atom stereocenters. The van der Waals surface area contributed by atoms with Gasteiger partial charge in [-0.15, -0.1) is 24.8 Å². The normalized spacial score (nSPS) is 11.4. The molecule has 0 radical (unpaired) electrons. The Kier molecular flexibility index (Phi) is 7.65. The van der Waals surface area contributed by atoms with Crippen molar-refractivity contribution in [2.75, 3.05) is 11.6 Å². The maximum absolute atomic E-state index is 11.9. The van der Waals surface area contributed by atoms with Gasteiger partial charge in [0.15, 0.2) is 4.90 Å². The van der Waals surface area contributed by atoms with Crippen molar-refractivity contribution in [3.63, 3.8) is 0 Å². The van der Waals surface area contributed by atoms with Crippen LogP contribution in [-0.4, -0.2) is 30.3 Å². The molecule has 0 saturated carbocycles. The Morgan fingerprint density at radius 2 is 1.86 bits per heavy atom. The number of imidazole rings is 1. The van der Waals surface area contributed by atoms with Crippen LogP contribution in [0.25, 0.3) is 16.9 Å². The van der Waals surface area contributed by atoms with E-state index in [0.717, 1.165) is 21.4 Å². The third-order valence-electron chi connectivity index (χ3n) is 4.03. The Balaban J connectivity index is 0.00000140. The van der Waals surface area contributed by atoms with Crippen LogP contribution in [0.2, 0.25) is 0 Å². The highest BCUT2D eigenvalue weighted by Gasteiger charge is 2.13. The summed E-state index contributed by atoms with van der Waals surface area (Å²) in [7, 11) is 0. The molecule has 0 saturated heterocycles. The van der Waals surface area contributed by atoms with Crippen molar-refractivity contribution in [1.29, 1.82) is 0 Å². The van der Waals surface area contributed by atoms with E-state index in [1.165, 1.54) is 0 Å². The molecule has 0 spiro atoms. The molecule has 1 N–H and O–H groups in total. The first-order valence-electron chi connectivity index (χ1n) is 8.12. The zero-order valence-corrected chi connectivity index (χ0v) is 17.4. The van der Waals surface area contributed by atoms with E-state index in [1.54, 1.807) is 29.5 Å². The lowest BCUT2D eigenvalue weighted by Crippen LogP contribution is -2.07. The lowest BCUT2D eigenvalue weighted by atomic mass is 10.2. The molecule has 0 aliphatic rings. The van der Waals surface area contributed by atoms with Crippen LogP contribution in [0, 0.1) is 0 Å². The smallest absolute Gasteiger partial charge is 0.237 e. The molecule has 2 aromatic heterocycles. The van der Waals surface area contributed by atoms with Crippen molar-refractivity contribution < 1.29 is 4.55 Å². The maximum Gasteiger partial charge on any atom is 0.237 e. The van der Waals surface area contributed by atoms with Crippen molar-refractivity contribution in [2.24, 2.45) is 0 Å². The zero-order chi connectivity index (χ0) is 17.9. The second-order valence-corrected chi connectivity index (χ2v) is 7.19. The molecule has 28 heavy (non-hydrogen) atoms. The predicted molar refractivity (Wildman–Crippen MR) is 117 cm³/mol. The van der Waals surface area contributed by atoms with Gasteiger partial charge in [-0.3, -0.25) is 4.57 Å². The fraction of sp³-hybridized carbons (Fsp3) is 0.105. The lowest BCUT2D eigenvalue weighted by Gasteiger charge is -2.12. The van der Waals surface area contributed by atoms with Gasteiger partial charge in [0.25, 0.3) is 0 Å². The highest BCUT2D eigenvalue weighted by atomic mass is 35.5. The largest absolute Gasteiger partial charge is 0.612 e. The maximum atomic E-state index is 11.9. The number of benzene rings is 2. The first kappa shape index (κ1) is 22.0. The van der Waals surface area contributed by atoms with Crippen molar-refractivity contribution in [2.45, 2.75) is 11.4 Å². The second-order valence-electron chi connectivity index (χ2n) is 5.81.